The SMILES string of the molecule is Cc1ccc(N2C(=O)[C@@H](OC(=O)c3ccccc3)[C@H](OC(=O)c3ccccc3)C2=O)cc1. The lowest BCUT2D eigenvalue weighted by molar-refractivity contribution is -0.130. The van der Waals surface area contributed by atoms with Crippen LogP contribution in [0.3, 0.4) is 0 Å². The van der Waals surface area contributed by atoms with Crippen molar-refractivity contribution in [1.82, 2.24) is 0 Å². The normalized spacial score (nSPS) is 17.8. The lowest BCUT2D eigenvalue weighted by Gasteiger charge is -2.16. The third-order valence-electron chi connectivity index (χ3n) is 4.98. The van der Waals surface area contributed by atoms with Crippen LogP contribution in [0.5, 0.6) is 0 Å². The number of rotatable bonds is 5. The summed E-state index contributed by atoms with van der Waals surface area (Å²) in [6, 6.07) is 22.8. The van der Waals surface area contributed by atoms with Crippen LogP contribution in [-0.2, 0) is 19.1 Å². The first-order chi connectivity index (χ1) is 15.5. The molecule has 0 radical (unpaired) electrons. The number of amides is 2. The second-order valence-electron chi connectivity index (χ2n) is 7.23. The summed E-state index contributed by atoms with van der Waals surface area (Å²) < 4.78 is 10.8. The molecule has 0 aliphatic carbocycles. The zero-order valence-electron chi connectivity index (χ0n) is 17.1. The van der Waals surface area contributed by atoms with Crippen molar-refractivity contribution in [2.24, 2.45) is 0 Å². The second kappa shape index (κ2) is 8.85. The van der Waals surface area contributed by atoms with Crippen molar-refractivity contribution in [3.63, 3.8) is 0 Å². The molecule has 4 rings (SSSR count). The quantitative estimate of drug-likeness (QED) is 0.457. The van der Waals surface area contributed by atoms with E-state index in [1.807, 2.05) is 6.92 Å². The number of esters is 2. The first kappa shape index (κ1) is 21.0. The molecule has 1 heterocycles. The van der Waals surface area contributed by atoms with Crippen LogP contribution in [0, 0.1) is 6.92 Å². The minimum atomic E-state index is -1.61. The molecule has 3 aromatic carbocycles. The van der Waals surface area contributed by atoms with Crippen LogP contribution >= 0.6 is 0 Å². The Balaban J connectivity index is 1.65. The Morgan fingerprint density at radius 1 is 0.656 bits per heavy atom. The van der Waals surface area contributed by atoms with Crippen LogP contribution in [-0.4, -0.2) is 36.0 Å². The van der Waals surface area contributed by atoms with E-state index in [4.69, 9.17) is 9.47 Å². The number of aryl methyl sites for hydroxylation is 1. The summed E-state index contributed by atoms with van der Waals surface area (Å²) in [4.78, 5) is 52.3. The van der Waals surface area contributed by atoms with E-state index >= 15 is 0 Å². The average molecular weight is 429 g/mol. The highest BCUT2D eigenvalue weighted by Gasteiger charge is 2.53. The molecule has 2 atom stereocenters. The summed E-state index contributed by atoms with van der Waals surface area (Å²) in [7, 11) is 0. The van der Waals surface area contributed by atoms with Crippen molar-refractivity contribution < 1.29 is 28.7 Å². The van der Waals surface area contributed by atoms with Crippen LogP contribution in [0.4, 0.5) is 5.69 Å². The molecule has 1 aliphatic rings. The van der Waals surface area contributed by atoms with E-state index in [2.05, 4.69) is 0 Å². The number of hydrogen-bond donors (Lipinski definition) is 0. The molecule has 1 fully saturated rings. The van der Waals surface area contributed by atoms with Crippen LogP contribution in [0.25, 0.3) is 0 Å². The van der Waals surface area contributed by atoms with Gasteiger partial charge in [-0.2, -0.15) is 0 Å². The monoisotopic (exact) mass is 429 g/mol. The highest BCUT2D eigenvalue weighted by molar-refractivity contribution is 6.25. The maximum absolute atomic E-state index is 13.1. The van der Waals surface area contributed by atoms with E-state index in [1.54, 1.807) is 60.7 Å². The average Bonchev–Trinajstić information content (AvgIpc) is 3.04. The molecule has 1 saturated heterocycles. The number of hydrogen-bond acceptors (Lipinski definition) is 6. The Labute approximate surface area is 184 Å². The number of anilines is 1. The molecule has 0 bridgehead atoms. The van der Waals surface area contributed by atoms with Gasteiger partial charge in [-0.15, -0.1) is 0 Å². The van der Waals surface area contributed by atoms with Crippen LogP contribution in [0.1, 0.15) is 26.3 Å². The van der Waals surface area contributed by atoms with Crippen molar-refractivity contribution in [1.29, 1.82) is 0 Å². The Morgan fingerprint density at radius 2 is 1.06 bits per heavy atom. The molecule has 7 nitrogen and oxygen atoms in total. The maximum atomic E-state index is 13.1. The molecule has 32 heavy (non-hydrogen) atoms. The molecule has 7 heteroatoms. The van der Waals surface area contributed by atoms with E-state index in [0.717, 1.165) is 10.5 Å². The van der Waals surface area contributed by atoms with Crippen molar-refractivity contribution in [3.05, 3.63) is 102 Å². The molecule has 2 amide bonds. The third-order valence-corrected chi connectivity index (χ3v) is 4.98. The second-order valence-corrected chi connectivity index (χ2v) is 7.23. The molecule has 0 saturated carbocycles. The van der Waals surface area contributed by atoms with Gasteiger partial charge in [0.05, 0.1) is 16.8 Å². The highest BCUT2D eigenvalue weighted by Crippen LogP contribution is 2.28. The van der Waals surface area contributed by atoms with Gasteiger partial charge in [-0.05, 0) is 43.3 Å². The fourth-order valence-electron chi connectivity index (χ4n) is 3.31. The van der Waals surface area contributed by atoms with Gasteiger partial charge >= 0.3 is 11.9 Å². The van der Waals surface area contributed by atoms with Gasteiger partial charge in [-0.3, -0.25) is 9.59 Å². The molecule has 0 N–H and O–H groups in total. The molecule has 3 aromatic rings. The number of imide groups is 1. The van der Waals surface area contributed by atoms with Gasteiger partial charge in [0.15, 0.2) is 0 Å². The van der Waals surface area contributed by atoms with Gasteiger partial charge in [0.1, 0.15) is 0 Å². The van der Waals surface area contributed by atoms with Crippen molar-refractivity contribution in [3.8, 4) is 0 Å². The van der Waals surface area contributed by atoms with E-state index < -0.39 is 36.0 Å². The molecule has 1 aliphatic heterocycles. The molecule has 0 unspecified atom stereocenters. The van der Waals surface area contributed by atoms with Crippen LogP contribution in [0.2, 0.25) is 0 Å². The van der Waals surface area contributed by atoms with E-state index in [1.165, 1.54) is 24.3 Å². The Hall–Kier alpha value is -4.26. The summed E-state index contributed by atoms with van der Waals surface area (Å²) in [6.07, 6.45) is -3.21. The minimum absolute atomic E-state index is 0.203. The first-order valence-corrected chi connectivity index (χ1v) is 9.92. The summed E-state index contributed by atoms with van der Waals surface area (Å²) in [6.45, 7) is 1.87. The fourth-order valence-corrected chi connectivity index (χ4v) is 3.31. The highest BCUT2D eigenvalue weighted by atomic mass is 16.6. The molecular formula is C25H19NO6. The predicted octanol–water partition coefficient (Wildman–Crippen LogP) is 3.32. The van der Waals surface area contributed by atoms with Gasteiger partial charge in [0.2, 0.25) is 12.2 Å². The summed E-state index contributed by atoms with van der Waals surface area (Å²) in [5.74, 6) is -3.17. The summed E-state index contributed by atoms with van der Waals surface area (Å²) >= 11 is 0. The first-order valence-electron chi connectivity index (χ1n) is 9.92. The maximum Gasteiger partial charge on any atom is 0.339 e. The Morgan fingerprint density at radius 3 is 1.47 bits per heavy atom. The largest absolute Gasteiger partial charge is 0.444 e. The number of benzene rings is 3. The Kier molecular flexibility index (Phi) is 5.81. The molecular weight excluding hydrogens is 410 g/mol. The van der Waals surface area contributed by atoms with Gasteiger partial charge in [-0.25, -0.2) is 14.5 Å². The van der Waals surface area contributed by atoms with Crippen LogP contribution < -0.4 is 4.90 Å². The molecule has 160 valence electrons. The number of carbonyl (C=O) groups is 4. The molecule has 0 spiro atoms. The van der Waals surface area contributed by atoms with Gasteiger partial charge in [0, 0.05) is 0 Å². The van der Waals surface area contributed by atoms with E-state index in [9.17, 15) is 19.2 Å². The number of ether oxygens (including phenoxy) is 2. The molecule has 0 aromatic heterocycles. The van der Waals surface area contributed by atoms with Crippen molar-refractivity contribution >= 4 is 29.4 Å². The standard InChI is InChI=1S/C25H19NO6/c1-16-12-14-19(15-13-16)26-22(27)20(31-24(29)17-8-4-2-5-9-17)21(23(26)28)32-25(30)18-10-6-3-7-11-18/h2-15,20-21H,1H3/t20-,21-/m0/s1. The van der Waals surface area contributed by atoms with Gasteiger partial charge in [-0.1, -0.05) is 54.1 Å². The van der Waals surface area contributed by atoms with E-state index in [-0.39, 0.29) is 11.1 Å². The van der Waals surface area contributed by atoms with Crippen molar-refractivity contribution in [2.45, 2.75) is 19.1 Å². The Bertz CT molecular complexity index is 1090. The third kappa shape index (κ3) is 4.13. The summed E-state index contributed by atoms with van der Waals surface area (Å²) in [5, 5.41) is 0. The van der Waals surface area contributed by atoms with Gasteiger partial charge < -0.3 is 9.47 Å². The fraction of sp³-hybridized carbons (Fsp3) is 0.120. The summed E-state index contributed by atoms with van der Waals surface area (Å²) in [5.41, 5.74) is 1.64. The number of nitrogens with zero attached hydrogens (tertiary/aromatic N) is 1. The topological polar surface area (TPSA) is 90.0 Å². The zero-order chi connectivity index (χ0) is 22.7. The van der Waals surface area contributed by atoms with Crippen molar-refractivity contribution in [2.75, 3.05) is 4.90 Å². The smallest absolute Gasteiger partial charge is 0.339 e. The zero-order valence-corrected chi connectivity index (χ0v) is 17.1. The number of carbonyl (C=O) groups excluding carboxylic acids is 4. The lowest BCUT2D eigenvalue weighted by Crippen LogP contribution is -2.37. The van der Waals surface area contributed by atoms with E-state index in [0.29, 0.717) is 5.69 Å². The lowest BCUT2D eigenvalue weighted by atomic mass is 10.2. The van der Waals surface area contributed by atoms with Crippen LogP contribution in [0.15, 0.2) is 84.9 Å². The predicted molar refractivity (Wildman–Crippen MR) is 115 cm³/mol. The van der Waals surface area contributed by atoms with Gasteiger partial charge in [0.25, 0.3) is 11.8 Å². The minimum Gasteiger partial charge on any atom is -0.444 e.